The number of ether oxygens (including phenoxy) is 2. The summed E-state index contributed by atoms with van der Waals surface area (Å²) in [6.45, 7) is 2.41. The molecular formula is C20H24ClNO4. The molecule has 2 rings (SSSR count). The highest BCUT2D eigenvalue weighted by atomic mass is 35.5. The monoisotopic (exact) mass is 377 g/mol. The quantitative estimate of drug-likeness (QED) is 0.657. The standard InChI is InChI=1S/C20H24ClNO4/c1-14(22-12-19(23)16-4-3-5-17(21)11-16)10-15-6-8-18(9-7-15)26-13-20(24)25-2/h3-9,11,14,19,22-23H,10,12-13H2,1-2H3/t14-,19+/m0/s1. The van der Waals surface area contributed by atoms with E-state index in [1.165, 1.54) is 7.11 Å². The molecule has 6 heteroatoms. The Kier molecular flexibility index (Phi) is 7.91. The maximum Gasteiger partial charge on any atom is 0.343 e. The number of rotatable bonds is 9. The molecule has 26 heavy (non-hydrogen) atoms. The second kappa shape index (κ2) is 10.2. The predicted molar refractivity (Wildman–Crippen MR) is 102 cm³/mol. The smallest absolute Gasteiger partial charge is 0.343 e. The zero-order chi connectivity index (χ0) is 18.9. The van der Waals surface area contributed by atoms with Crippen molar-refractivity contribution in [2.24, 2.45) is 0 Å². The van der Waals surface area contributed by atoms with E-state index in [4.69, 9.17) is 16.3 Å². The minimum Gasteiger partial charge on any atom is -0.482 e. The molecule has 0 fully saturated rings. The van der Waals surface area contributed by atoms with E-state index in [9.17, 15) is 9.90 Å². The average Bonchev–Trinajstić information content (AvgIpc) is 2.65. The van der Waals surface area contributed by atoms with E-state index in [1.54, 1.807) is 12.1 Å². The Hall–Kier alpha value is -2.08. The maximum atomic E-state index is 11.1. The Balaban J connectivity index is 1.78. The topological polar surface area (TPSA) is 67.8 Å². The van der Waals surface area contributed by atoms with Gasteiger partial charge in [-0.2, -0.15) is 0 Å². The number of esters is 1. The summed E-state index contributed by atoms with van der Waals surface area (Å²) in [5, 5.41) is 14.2. The lowest BCUT2D eigenvalue weighted by Gasteiger charge is -2.18. The zero-order valence-electron chi connectivity index (χ0n) is 14.9. The predicted octanol–water partition coefficient (Wildman–Crippen LogP) is 3.15. The van der Waals surface area contributed by atoms with Gasteiger partial charge in [0.25, 0.3) is 0 Å². The molecule has 0 amide bonds. The van der Waals surface area contributed by atoms with Crippen LogP contribution in [0, 0.1) is 0 Å². The van der Waals surface area contributed by atoms with Crippen LogP contribution in [0.1, 0.15) is 24.2 Å². The summed E-state index contributed by atoms with van der Waals surface area (Å²) in [7, 11) is 1.33. The number of carbonyl (C=O) groups is 1. The molecule has 0 radical (unpaired) electrons. The van der Waals surface area contributed by atoms with E-state index in [-0.39, 0.29) is 12.6 Å². The summed E-state index contributed by atoms with van der Waals surface area (Å²) >= 11 is 5.95. The van der Waals surface area contributed by atoms with E-state index in [1.807, 2.05) is 36.4 Å². The fraction of sp³-hybridized carbons (Fsp3) is 0.350. The van der Waals surface area contributed by atoms with Crippen molar-refractivity contribution >= 4 is 17.6 Å². The molecule has 0 heterocycles. The molecule has 0 aliphatic heterocycles. The van der Waals surface area contributed by atoms with Crippen molar-refractivity contribution < 1.29 is 19.4 Å². The first-order valence-electron chi connectivity index (χ1n) is 8.43. The molecule has 0 spiro atoms. The first-order chi connectivity index (χ1) is 12.5. The van der Waals surface area contributed by atoms with Crippen LogP contribution in [0.2, 0.25) is 5.02 Å². The van der Waals surface area contributed by atoms with Crippen molar-refractivity contribution in [2.45, 2.75) is 25.5 Å². The van der Waals surface area contributed by atoms with E-state index >= 15 is 0 Å². The van der Waals surface area contributed by atoms with E-state index in [2.05, 4.69) is 17.0 Å². The highest BCUT2D eigenvalue weighted by Gasteiger charge is 2.10. The Morgan fingerprint density at radius 2 is 1.96 bits per heavy atom. The van der Waals surface area contributed by atoms with Gasteiger partial charge in [0, 0.05) is 17.6 Å². The van der Waals surface area contributed by atoms with Crippen LogP contribution in [0.4, 0.5) is 0 Å². The molecule has 0 bridgehead atoms. The number of aliphatic hydroxyl groups excluding tert-OH is 1. The first-order valence-corrected chi connectivity index (χ1v) is 8.81. The van der Waals surface area contributed by atoms with Gasteiger partial charge in [-0.3, -0.25) is 0 Å². The molecule has 0 aliphatic carbocycles. The average molecular weight is 378 g/mol. The fourth-order valence-electron chi connectivity index (χ4n) is 2.49. The summed E-state index contributed by atoms with van der Waals surface area (Å²) < 4.78 is 9.86. The van der Waals surface area contributed by atoms with Crippen LogP contribution >= 0.6 is 11.6 Å². The number of benzene rings is 2. The van der Waals surface area contributed by atoms with E-state index in [0.29, 0.717) is 17.3 Å². The molecule has 0 aromatic heterocycles. The van der Waals surface area contributed by atoms with Crippen LogP contribution in [0.25, 0.3) is 0 Å². The summed E-state index contributed by atoms with van der Waals surface area (Å²) in [6.07, 6.45) is 0.199. The molecular weight excluding hydrogens is 354 g/mol. The Morgan fingerprint density at radius 3 is 2.62 bits per heavy atom. The Bertz CT molecular complexity index is 705. The van der Waals surface area contributed by atoms with Crippen LogP contribution in [-0.4, -0.2) is 37.4 Å². The molecule has 0 saturated carbocycles. The van der Waals surface area contributed by atoms with Gasteiger partial charge in [-0.25, -0.2) is 4.79 Å². The van der Waals surface area contributed by atoms with E-state index in [0.717, 1.165) is 17.5 Å². The number of aliphatic hydroxyl groups is 1. The van der Waals surface area contributed by atoms with Crippen LogP contribution in [-0.2, 0) is 16.0 Å². The van der Waals surface area contributed by atoms with Crippen LogP contribution in [0.3, 0.4) is 0 Å². The normalized spacial score (nSPS) is 13.1. The number of nitrogens with one attached hydrogen (secondary N) is 1. The van der Waals surface area contributed by atoms with Gasteiger partial charge in [-0.15, -0.1) is 0 Å². The number of hydrogen-bond donors (Lipinski definition) is 2. The van der Waals surface area contributed by atoms with Gasteiger partial charge < -0.3 is 19.9 Å². The second-order valence-electron chi connectivity index (χ2n) is 6.09. The highest BCUT2D eigenvalue weighted by molar-refractivity contribution is 6.30. The number of carbonyl (C=O) groups excluding carboxylic acids is 1. The van der Waals surface area contributed by atoms with Crippen LogP contribution in [0.15, 0.2) is 48.5 Å². The third-order valence-electron chi connectivity index (χ3n) is 3.94. The van der Waals surface area contributed by atoms with Crippen molar-refractivity contribution in [1.82, 2.24) is 5.32 Å². The minimum atomic E-state index is -0.606. The van der Waals surface area contributed by atoms with Gasteiger partial charge in [0.15, 0.2) is 6.61 Å². The molecule has 140 valence electrons. The number of methoxy groups -OCH3 is 1. The molecule has 0 aliphatic rings. The van der Waals surface area contributed by atoms with Gasteiger partial charge in [0.1, 0.15) is 5.75 Å². The van der Waals surface area contributed by atoms with Crippen molar-refractivity contribution in [3.8, 4) is 5.75 Å². The van der Waals surface area contributed by atoms with Gasteiger partial charge >= 0.3 is 5.97 Å². The number of hydrogen-bond acceptors (Lipinski definition) is 5. The third-order valence-corrected chi connectivity index (χ3v) is 4.18. The maximum absolute atomic E-state index is 11.1. The summed E-state index contributed by atoms with van der Waals surface area (Å²) in [5.74, 6) is 0.210. The Labute approximate surface area is 158 Å². The largest absolute Gasteiger partial charge is 0.482 e. The molecule has 2 N–H and O–H groups in total. The van der Waals surface area contributed by atoms with Crippen molar-refractivity contribution in [3.05, 3.63) is 64.7 Å². The van der Waals surface area contributed by atoms with Gasteiger partial charge in [0.05, 0.1) is 13.2 Å². The summed E-state index contributed by atoms with van der Waals surface area (Å²) in [5.41, 5.74) is 1.93. The molecule has 5 nitrogen and oxygen atoms in total. The van der Waals surface area contributed by atoms with Gasteiger partial charge in [-0.1, -0.05) is 35.9 Å². The summed E-state index contributed by atoms with van der Waals surface area (Å²) in [4.78, 5) is 11.1. The van der Waals surface area contributed by atoms with Gasteiger partial charge in [0.2, 0.25) is 0 Å². The lowest BCUT2D eigenvalue weighted by atomic mass is 10.1. The van der Waals surface area contributed by atoms with Crippen molar-refractivity contribution in [2.75, 3.05) is 20.3 Å². The molecule has 2 atom stereocenters. The first kappa shape index (κ1) is 20.2. The fourth-order valence-corrected chi connectivity index (χ4v) is 2.69. The lowest BCUT2D eigenvalue weighted by molar-refractivity contribution is -0.142. The van der Waals surface area contributed by atoms with Crippen LogP contribution < -0.4 is 10.1 Å². The zero-order valence-corrected chi connectivity index (χ0v) is 15.7. The second-order valence-corrected chi connectivity index (χ2v) is 6.53. The lowest BCUT2D eigenvalue weighted by Crippen LogP contribution is -2.32. The number of halogens is 1. The third kappa shape index (κ3) is 6.67. The molecule has 2 aromatic rings. The van der Waals surface area contributed by atoms with Gasteiger partial charge in [-0.05, 0) is 48.7 Å². The van der Waals surface area contributed by atoms with Crippen molar-refractivity contribution in [1.29, 1.82) is 0 Å². The molecule has 0 saturated heterocycles. The van der Waals surface area contributed by atoms with Crippen LogP contribution in [0.5, 0.6) is 5.75 Å². The molecule has 2 aromatic carbocycles. The minimum absolute atomic E-state index is 0.102. The van der Waals surface area contributed by atoms with Crippen molar-refractivity contribution in [3.63, 3.8) is 0 Å². The highest BCUT2D eigenvalue weighted by Crippen LogP contribution is 2.18. The summed E-state index contributed by atoms with van der Waals surface area (Å²) in [6, 6.07) is 15.0. The van der Waals surface area contributed by atoms with E-state index < -0.39 is 12.1 Å². The molecule has 0 unspecified atom stereocenters. The SMILES string of the molecule is COC(=O)COc1ccc(C[C@H](C)NC[C@@H](O)c2cccc(Cl)c2)cc1. The Morgan fingerprint density at radius 1 is 1.23 bits per heavy atom.